The molecule has 0 spiro atoms. The molecule has 0 aliphatic heterocycles. The van der Waals surface area contributed by atoms with Crippen LogP contribution in [0.2, 0.25) is 0 Å². The summed E-state index contributed by atoms with van der Waals surface area (Å²) in [5.74, 6) is -1.08. The molecule has 0 fully saturated rings. The molecule has 7 nitrogen and oxygen atoms in total. The highest BCUT2D eigenvalue weighted by molar-refractivity contribution is 5.94. The van der Waals surface area contributed by atoms with Crippen LogP contribution in [-0.2, 0) is 11.3 Å². The summed E-state index contributed by atoms with van der Waals surface area (Å²) in [6.07, 6.45) is 0. The zero-order valence-electron chi connectivity index (χ0n) is 17.5. The number of halogens is 1. The molecule has 4 aromatic rings. The van der Waals surface area contributed by atoms with Gasteiger partial charge in [0, 0.05) is 5.69 Å². The maximum absolute atomic E-state index is 14.1. The van der Waals surface area contributed by atoms with E-state index in [1.54, 1.807) is 6.07 Å². The fraction of sp³-hybridized carbons (Fsp3) is 0.167. The number of nitrogens with zero attached hydrogens (tertiary/aromatic N) is 2. The van der Waals surface area contributed by atoms with Gasteiger partial charge in [-0.3, -0.25) is 9.78 Å². The fourth-order valence-electron chi connectivity index (χ4n) is 3.32. The van der Waals surface area contributed by atoms with Gasteiger partial charge in [-0.15, -0.1) is 0 Å². The van der Waals surface area contributed by atoms with Crippen LogP contribution >= 0.6 is 0 Å². The van der Waals surface area contributed by atoms with Crippen molar-refractivity contribution in [1.29, 1.82) is 0 Å². The van der Waals surface area contributed by atoms with Gasteiger partial charge in [-0.1, -0.05) is 32.0 Å². The number of esters is 1. The quantitative estimate of drug-likeness (QED) is 0.485. The van der Waals surface area contributed by atoms with Crippen LogP contribution in [0.5, 0.6) is 0 Å². The Balaban J connectivity index is 1.63. The summed E-state index contributed by atoms with van der Waals surface area (Å²) < 4.78 is 20.2. The van der Waals surface area contributed by atoms with Gasteiger partial charge < -0.3 is 9.72 Å². The highest BCUT2D eigenvalue weighted by atomic mass is 19.1. The van der Waals surface area contributed by atoms with E-state index in [1.165, 1.54) is 36.4 Å². The number of carbonyl (C=O) groups is 1. The molecular weight excluding hydrogens is 413 g/mol. The first-order valence-corrected chi connectivity index (χ1v) is 10.0. The summed E-state index contributed by atoms with van der Waals surface area (Å²) in [6.45, 7) is 4.03. The van der Waals surface area contributed by atoms with Crippen molar-refractivity contribution in [3.63, 3.8) is 0 Å². The Morgan fingerprint density at radius 3 is 2.62 bits per heavy atom. The normalized spacial score (nSPS) is 11.1. The van der Waals surface area contributed by atoms with Gasteiger partial charge in [0.25, 0.3) is 5.56 Å². The number of hydrogen-bond donors (Lipinski definition) is 1. The molecule has 8 heteroatoms. The molecule has 32 heavy (non-hydrogen) atoms. The van der Waals surface area contributed by atoms with Crippen LogP contribution in [-0.4, -0.2) is 20.5 Å². The number of nitrogens with one attached hydrogen (secondary N) is 1. The van der Waals surface area contributed by atoms with E-state index in [0.717, 1.165) is 16.3 Å². The third-order valence-corrected chi connectivity index (χ3v) is 5.00. The lowest BCUT2D eigenvalue weighted by molar-refractivity contribution is 0.0467. The van der Waals surface area contributed by atoms with Crippen LogP contribution < -0.4 is 11.2 Å². The number of ether oxygens (including phenoxy) is 1. The first-order valence-electron chi connectivity index (χ1n) is 10.0. The van der Waals surface area contributed by atoms with Crippen LogP contribution in [0, 0.1) is 5.82 Å². The molecule has 0 unspecified atom stereocenters. The number of para-hydroxylation sites is 1. The lowest BCUT2D eigenvalue weighted by atomic mass is 10.1. The number of aromatic nitrogens is 3. The number of pyridine rings is 1. The van der Waals surface area contributed by atoms with Crippen molar-refractivity contribution < 1.29 is 13.9 Å². The average molecular weight is 433 g/mol. The number of rotatable bonds is 5. The van der Waals surface area contributed by atoms with Crippen LogP contribution in [0.3, 0.4) is 0 Å². The summed E-state index contributed by atoms with van der Waals surface area (Å²) >= 11 is 0. The monoisotopic (exact) mass is 433 g/mol. The Morgan fingerprint density at radius 2 is 1.88 bits per heavy atom. The summed E-state index contributed by atoms with van der Waals surface area (Å²) in [5, 5.41) is 0.135. The van der Waals surface area contributed by atoms with Gasteiger partial charge >= 0.3 is 11.7 Å². The summed E-state index contributed by atoms with van der Waals surface area (Å²) in [6, 6.07) is 15.2. The summed E-state index contributed by atoms with van der Waals surface area (Å²) in [4.78, 5) is 44.8. The zero-order chi connectivity index (χ0) is 22.8. The molecule has 0 atom stereocenters. The minimum absolute atomic E-state index is 0.0111. The Morgan fingerprint density at radius 1 is 1.09 bits per heavy atom. The van der Waals surface area contributed by atoms with Crippen LogP contribution in [0.4, 0.5) is 4.39 Å². The van der Waals surface area contributed by atoms with E-state index in [9.17, 15) is 18.8 Å². The van der Waals surface area contributed by atoms with E-state index in [0.29, 0.717) is 5.69 Å². The van der Waals surface area contributed by atoms with Crippen LogP contribution in [0.1, 0.15) is 41.5 Å². The second-order valence-corrected chi connectivity index (χ2v) is 7.57. The number of aromatic amines is 1. The number of hydrogen-bond acceptors (Lipinski definition) is 5. The summed E-state index contributed by atoms with van der Waals surface area (Å²) in [5.41, 5.74) is 0.175. The number of fused-ring (bicyclic) bond motifs is 1. The lowest BCUT2D eigenvalue weighted by Gasteiger charge is -2.09. The summed E-state index contributed by atoms with van der Waals surface area (Å²) in [7, 11) is 0. The second-order valence-electron chi connectivity index (χ2n) is 7.57. The van der Waals surface area contributed by atoms with Gasteiger partial charge in [-0.25, -0.2) is 18.5 Å². The molecule has 1 N–H and O–H groups in total. The molecular formula is C24H20FN3O4. The first kappa shape index (κ1) is 21.2. The average Bonchev–Trinajstić information content (AvgIpc) is 2.78. The molecule has 2 heterocycles. The molecule has 0 saturated carbocycles. The van der Waals surface area contributed by atoms with Crippen molar-refractivity contribution in [2.75, 3.05) is 0 Å². The highest BCUT2D eigenvalue weighted by Crippen LogP contribution is 2.15. The Hall–Kier alpha value is -4.07. The molecule has 0 amide bonds. The molecule has 4 rings (SSSR count). The SMILES string of the molecule is CC(C)c1cccc(COC(=O)c2ccc3c(=O)n(-c4ccccc4F)c(=O)[nH]c3c2)n1. The standard InChI is InChI=1S/C24H20FN3O4/c1-14(2)19-8-5-6-16(26-19)13-32-23(30)15-10-11-17-20(12-15)27-24(31)28(22(17)29)21-9-4-3-7-18(21)25/h3-12,14H,13H2,1-2H3,(H,27,31). The van der Waals surface area contributed by atoms with E-state index < -0.39 is 23.0 Å². The first-order chi connectivity index (χ1) is 15.3. The smallest absolute Gasteiger partial charge is 0.338 e. The van der Waals surface area contributed by atoms with Crippen molar-refractivity contribution in [2.45, 2.75) is 26.4 Å². The molecule has 0 aliphatic carbocycles. The zero-order valence-corrected chi connectivity index (χ0v) is 17.5. The molecule has 0 aliphatic rings. The molecule has 0 saturated heterocycles. The van der Waals surface area contributed by atoms with Crippen LogP contribution in [0.15, 0.2) is 70.3 Å². The van der Waals surface area contributed by atoms with Gasteiger partial charge in [-0.05, 0) is 48.4 Å². The van der Waals surface area contributed by atoms with E-state index in [1.807, 2.05) is 26.0 Å². The van der Waals surface area contributed by atoms with Crippen molar-refractivity contribution in [1.82, 2.24) is 14.5 Å². The Labute approximate surface area is 182 Å². The second kappa shape index (κ2) is 8.58. The minimum atomic E-state index is -0.812. The predicted molar refractivity (Wildman–Crippen MR) is 118 cm³/mol. The van der Waals surface area contributed by atoms with Crippen molar-refractivity contribution in [3.8, 4) is 5.69 Å². The van der Waals surface area contributed by atoms with Gasteiger partial charge in [0.05, 0.1) is 27.8 Å². The van der Waals surface area contributed by atoms with Gasteiger partial charge in [-0.2, -0.15) is 0 Å². The van der Waals surface area contributed by atoms with E-state index in [-0.39, 0.29) is 34.7 Å². The molecule has 0 bridgehead atoms. The fourth-order valence-corrected chi connectivity index (χ4v) is 3.32. The largest absolute Gasteiger partial charge is 0.456 e. The van der Waals surface area contributed by atoms with Gasteiger partial charge in [0.15, 0.2) is 0 Å². The third kappa shape index (κ3) is 4.07. The predicted octanol–water partition coefficient (Wildman–Crippen LogP) is 3.69. The number of carbonyl (C=O) groups excluding carboxylic acids is 1. The van der Waals surface area contributed by atoms with Crippen molar-refractivity contribution in [2.24, 2.45) is 0 Å². The van der Waals surface area contributed by atoms with E-state index in [2.05, 4.69) is 9.97 Å². The maximum Gasteiger partial charge on any atom is 0.338 e. The molecule has 0 radical (unpaired) electrons. The van der Waals surface area contributed by atoms with Crippen LogP contribution in [0.25, 0.3) is 16.6 Å². The van der Waals surface area contributed by atoms with Gasteiger partial charge in [0.1, 0.15) is 12.4 Å². The highest BCUT2D eigenvalue weighted by Gasteiger charge is 2.15. The Kier molecular flexibility index (Phi) is 5.68. The Bertz CT molecular complexity index is 1440. The number of benzene rings is 2. The lowest BCUT2D eigenvalue weighted by Crippen LogP contribution is -2.34. The topological polar surface area (TPSA) is 94.0 Å². The maximum atomic E-state index is 14.1. The molecule has 162 valence electrons. The number of H-pyrrole nitrogens is 1. The van der Waals surface area contributed by atoms with Crippen molar-refractivity contribution in [3.05, 3.63) is 104 Å². The third-order valence-electron chi connectivity index (χ3n) is 5.00. The minimum Gasteiger partial charge on any atom is -0.456 e. The van der Waals surface area contributed by atoms with E-state index in [4.69, 9.17) is 4.74 Å². The molecule has 2 aromatic heterocycles. The van der Waals surface area contributed by atoms with Crippen molar-refractivity contribution >= 4 is 16.9 Å². The molecule has 2 aromatic carbocycles. The van der Waals surface area contributed by atoms with E-state index >= 15 is 0 Å². The van der Waals surface area contributed by atoms with Gasteiger partial charge in [0.2, 0.25) is 0 Å².